The molecule has 6 nitrogen and oxygen atoms in total. The second-order valence-corrected chi connectivity index (χ2v) is 8.05. The Morgan fingerprint density at radius 3 is 2.16 bits per heavy atom. The number of hydrogen-bond donors (Lipinski definition) is 1. The summed E-state index contributed by atoms with van der Waals surface area (Å²) in [6.07, 6.45) is 0.349. The Morgan fingerprint density at radius 1 is 1.26 bits per heavy atom. The van der Waals surface area contributed by atoms with Gasteiger partial charge in [0.15, 0.2) is 0 Å². The molecule has 0 bridgehead atoms. The number of nitrogens with one attached hydrogen (secondary N) is 1. The van der Waals surface area contributed by atoms with Gasteiger partial charge in [0.05, 0.1) is 12.2 Å². The first kappa shape index (κ1) is 16.8. The molecule has 114 valence electrons. The van der Waals surface area contributed by atoms with Gasteiger partial charge in [-0.2, -0.15) is 12.7 Å². The fraction of sp³-hybridized carbons (Fsp3) is 1.00. The fourth-order valence-corrected chi connectivity index (χ4v) is 2.97. The summed E-state index contributed by atoms with van der Waals surface area (Å²) in [5.41, 5.74) is -0.241. The highest BCUT2D eigenvalue weighted by atomic mass is 32.2. The van der Waals surface area contributed by atoms with Crippen molar-refractivity contribution in [3.8, 4) is 0 Å². The van der Waals surface area contributed by atoms with Crippen molar-refractivity contribution in [3.05, 3.63) is 0 Å². The van der Waals surface area contributed by atoms with Gasteiger partial charge in [0.2, 0.25) is 0 Å². The van der Waals surface area contributed by atoms with Crippen LogP contribution >= 0.6 is 0 Å². The maximum Gasteiger partial charge on any atom is 0.278 e. The van der Waals surface area contributed by atoms with Crippen molar-refractivity contribution in [3.63, 3.8) is 0 Å². The lowest BCUT2D eigenvalue weighted by molar-refractivity contribution is -0.0945. The molecule has 2 unspecified atom stereocenters. The Bertz CT molecular complexity index is 385. The molecule has 19 heavy (non-hydrogen) atoms. The minimum Gasteiger partial charge on any atom is -0.373 e. The SMILES string of the molecule is CC1CN(C(C)(C)CNS(=O)(=O)N(C)C)CC(C)O1. The smallest absolute Gasteiger partial charge is 0.278 e. The van der Waals surface area contributed by atoms with Crippen LogP contribution in [0.4, 0.5) is 0 Å². The molecule has 1 N–H and O–H groups in total. The second-order valence-electron chi connectivity index (χ2n) is 6.08. The Hall–Kier alpha value is -0.210. The number of hydrogen-bond acceptors (Lipinski definition) is 4. The van der Waals surface area contributed by atoms with Gasteiger partial charge >= 0.3 is 0 Å². The van der Waals surface area contributed by atoms with Gasteiger partial charge in [-0.05, 0) is 27.7 Å². The Balaban J connectivity index is 2.65. The van der Waals surface area contributed by atoms with Crippen LogP contribution in [0, 0.1) is 0 Å². The van der Waals surface area contributed by atoms with E-state index in [9.17, 15) is 8.42 Å². The van der Waals surface area contributed by atoms with E-state index in [4.69, 9.17) is 4.74 Å². The highest BCUT2D eigenvalue weighted by Gasteiger charge is 2.34. The lowest BCUT2D eigenvalue weighted by Crippen LogP contribution is -2.59. The average molecular weight is 293 g/mol. The van der Waals surface area contributed by atoms with Gasteiger partial charge in [-0.1, -0.05) is 0 Å². The summed E-state index contributed by atoms with van der Waals surface area (Å²) >= 11 is 0. The van der Waals surface area contributed by atoms with Crippen LogP contribution in [0.5, 0.6) is 0 Å². The van der Waals surface area contributed by atoms with Gasteiger partial charge < -0.3 is 4.74 Å². The van der Waals surface area contributed by atoms with Gasteiger partial charge in [-0.3, -0.25) is 4.90 Å². The zero-order chi connectivity index (χ0) is 14.8. The molecule has 1 aliphatic heterocycles. The van der Waals surface area contributed by atoms with Crippen molar-refractivity contribution in [2.24, 2.45) is 0 Å². The molecule has 0 aliphatic carbocycles. The molecular formula is C12H27N3O3S. The van der Waals surface area contributed by atoms with Gasteiger partial charge in [0, 0.05) is 39.3 Å². The molecule has 0 amide bonds. The molecule has 1 rings (SSSR count). The van der Waals surface area contributed by atoms with E-state index >= 15 is 0 Å². The average Bonchev–Trinajstić information content (AvgIpc) is 2.25. The van der Waals surface area contributed by atoms with E-state index < -0.39 is 10.2 Å². The molecule has 1 heterocycles. The lowest BCUT2D eigenvalue weighted by Gasteiger charge is -2.45. The van der Waals surface area contributed by atoms with Crippen LogP contribution in [0.25, 0.3) is 0 Å². The van der Waals surface area contributed by atoms with Gasteiger partial charge in [-0.15, -0.1) is 0 Å². The van der Waals surface area contributed by atoms with E-state index in [2.05, 4.69) is 23.5 Å². The number of morpholine rings is 1. The predicted molar refractivity (Wildman–Crippen MR) is 76.3 cm³/mol. The summed E-state index contributed by atoms with van der Waals surface area (Å²) in [7, 11) is -0.328. The minimum atomic E-state index is -3.37. The lowest BCUT2D eigenvalue weighted by atomic mass is 10.0. The topological polar surface area (TPSA) is 61.9 Å². The largest absolute Gasteiger partial charge is 0.373 e. The van der Waals surface area contributed by atoms with Crippen LogP contribution < -0.4 is 4.72 Å². The van der Waals surface area contributed by atoms with Gasteiger partial charge in [0.1, 0.15) is 0 Å². The highest BCUT2D eigenvalue weighted by molar-refractivity contribution is 7.87. The standard InChI is InChI=1S/C12H27N3O3S/c1-10-7-15(8-11(2)18-10)12(3,4)9-13-19(16,17)14(5)6/h10-11,13H,7-9H2,1-6H3. The monoisotopic (exact) mass is 293 g/mol. The van der Waals surface area contributed by atoms with Gasteiger partial charge in [0.25, 0.3) is 10.2 Å². The van der Waals surface area contributed by atoms with Crippen LogP contribution in [0.2, 0.25) is 0 Å². The van der Waals surface area contributed by atoms with Gasteiger partial charge in [-0.25, -0.2) is 4.72 Å². The van der Waals surface area contributed by atoms with E-state index in [0.29, 0.717) is 6.54 Å². The van der Waals surface area contributed by atoms with E-state index in [1.54, 1.807) is 0 Å². The molecule has 1 aliphatic rings. The molecule has 1 saturated heterocycles. The molecule has 0 saturated carbocycles. The van der Waals surface area contributed by atoms with Crippen LogP contribution in [0.3, 0.4) is 0 Å². The third kappa shape index (κ3) is 4.68. The van der Waals surface area contributed by atoms with Crippen LogP contribution in [-0.2, 0) is 14.9 Å². The normalized spacial score (nSPS) is 26.9. The van der Waals surface area contributed by atoms with E-state index in [1.807, 2.05) is 13.8 Å². The summed E-state index contributed by atoms with van der Waals surface area (Å²) in [4.78, 5) is 2.28. The molecule has 0 radical (unpaired) electrons. The van der Waals surface area contributed by atoms with Crippen LogP contribution in [0.1, 0.15) is 27.7 Å². The Kier molecular flexibility index (Phi) is 5.36. The molecule has 0 spiro atoms. The number of nitrogens with zero attached hydrogens (tertiary/aromatic N) is 2. The van der Waals surface area contributed by atoms with Crippen molar-refractivity contribution in [2.45, 2.75) is 45.4 Å². The summed E-state index contributed by atoms with van der Waals surface area (Å²) in [6.45, 7) is 10.2. The molecular weight excluding hydrogens is 266 g/mol. The third-order valence-electron chi connectivity index (χ3n) is 3.44. The fourth-order valence-electron chi connectivity index (χ4n) is 2.18. The summed E-state index contributed by atoms with van der Waals surface area (Å²) in [5.74, 6) is 0. The molecule has 0 aromatic carbocycles. The summed E-state index contributed by atoms with van der Waals surface area (Å²) < 4.78 is 33.1. The first-order valence-electron chi connectivity index (χ1n) is 6.62. The van der Waals surface area contributed by atoms with E-state index in [0.717, 1.165) is 13.1 Å². The quantitative estimate of drug-likeness (QED) is 0.790. The molecule has 0 aromatic rings. The second kappa shape index (κ2) is 6.05. The van der Waals surface area contributed by atoms with Crippen molar-refractivity contribution >= 4 is 10.2 Å². The zero-order valence-corrected chi connectivity index (χ0v) is 13.6. The van der Waals surface area contributed by atoms with Crippen molar-refractivity contribution < 1.29 is 13.2 Å². The number of rotatable bonds is 5. The third-order valence-corrected chi connectivity index (χ3v) is 4.91. The Morgan fingerprint density at radius 2 is 1.74 bits per heavy atom. The van der Waals surface area contributed by atoms with Crippen LogP contribution in [0.15, 0.2) is 0 Å². The van der Waals surface area contributed by atoms with Crippen molar-refractivity contribution in [2.75, 3.05) is 33.7 Å². The summed E-state index contributed by atoms with van der Waals surface area (Å²) in [5, 5.41) is 0. The van der Waals surface area contributed by atoms with Crippen molar-refractivity contribution in [1.82, 2.24) is 13.9 Å². The summed E-state index contributed by atoms with van der Waals surface area (Å²) in [6, 6.07) is 0. The molecule has 1 fully saturated rings. The zero-order valence-electron chi connectivity index (χ0n) is 12.8. The maximum absolute atomic E-state index is 11.8. The molecule has 7 heteroatoms. The van der Waals surface area contributed by atoms with Crippen LogP contribution in [-0.4, -0.2) is 69.1 Å². The predicted octanol–water partition coefficient (Wildman–Crippen LogP) is 0.270. The maximum atomic E-state index is 11.8. The minimum absolute atomic E-state index is 0.175. The van der Waals surface area contributed by atoms with Crippen molar-refractivity contribution in [1.29, 1.82) is 0 Å². The Labute approximate surface area is 117 Å². The number of ether oxygens (including phenoxy) is 1. The van der Waals surface area contributed by atoms with E-state index in [-0.39, 0.29) is 17.7 Å². The first-order chi connectivity index (χ1) is 8.54. The highest BCUT2D eigenvalue weighted by Crippen LogP contribution is 2.20. The van der Waals surface area contributed by atoms with E-state index in [1.165, 1.54) is 18.4 Å². The molecule has 0 aromatic heterocycles. The molecule has 2 atom stereocenters. The first-order valence-corrected chi connectivity index (χ1v) is 8.06.